The highest BCUT2D eigenvalue weighted by atomic mass is 35.5. The number of halogens is 1. The number of furan rings is 1. The first-order chi connectivity index (χ1) is 10.1. The highest BCUT2D eigenvalue weighted by Crippen LogP contribution is 2.18. The lowest BCUT2D eigenvalue weighted by atomic mass is 9.96. The van der Waals surface area contributed by atoms with Gasteiger partial charge < -0.3 is 19.5 Å². The summed E-state index contributed by atoms with van der Waals surface area (Å²) in [5.41, 5.74) is 0. The number of piperidine rings is 1. The van der Waals surface area contributed by atoms with E-state index in [1.807, 2.05) is 38.1 Å². The number of carbonyl (C=O) groups excluding carboxylic acids is 1. The van der Waals surface area contributed by atoms with Crippen LogP contribution in [0.3, 0.4) is 0 Å². The monoisotopic (exact) mass is 329 g/mol. The Balaban J connectivity index is 0.00000242. The van der Waals surface area contributed by atoms with Crippen LogP contribution in [0.25, 0.3) is 0 Å². The summed E-state index contributed by atoms with van der Waals surface area (Å²) in [4.78, 5) is 16.8. The number of hydrogen-bond acceptors (Lipinski definition) is 4. The molecule has 1 aliphatic heterocycles. The van der Waals surface area contributed by atoms with Crippen molar-refractivity contribution in [2.75, 3.05) is 40.3 Å². The van der Waals surface area contributed by atoms with E-state index < -0.39 is 0 Å². The van der Waals surface area contributed by atoms with Crippen molar-refractivity contribution in [2.24, 2.45) is 5.92 Å². The molecule has 1 saturated heterocycles. The van der Waals surface area contributed by atoms with Crippen molar-refractivity contribution < 1.29 is 9.21 Å². The second-order valence-electron chi connectivity index (χ2n) is 6.10. The molecule has 1 amide bonds. The Bertz CT molecular complexity index is 456. The number of nitrogens with one attached hydrogen (secondary N) is 1. The first-order valence-electron chi connectivity index (χ1n) is 7.76. The second kappa shape index (κ2) is 9.18. The van der Waals surface area contributed by atoms with Crippen molar-refractivity contribution in [3.63, 3.8) is 0 Å². The number of carbonyl (C=O) groups is 1. The largest absolute Gasteiger partial charge is 0.464 e. The molecule has 0 saturated carbocycles. The lowest BCUT2D eigenvalue weighted by molar-refractivity contribution is -0.137. The van der Waals surface area contributed by atoms with Crippen LogP contribution in [0.1, 0.15) is 24.4 Å². The normalized spacial score (nSPS) is 15.6. The maximum Gasteiger partial charge on any atom is 0.226 e. The van der Waals surface area contributed by atoms with E-state index in [9.17, 15) is 4.79 Å². The third-order valence-corrected chi connectivity index (χ3v) is 3.96. The Labute approximate surface area is 139 Å². The number of amides is 1. The molecule has 0 unspecified atom stereocenters. The van der Waals surface area contributed by atoms with Crippen LogP contribution in [0, 0.1) is 12.8 Å². The van der Waals surface area contributed by atoms with Gasteiger partial charge in [0.2, 0.25) is 5.91 Å². The zero-order chi connectivity index (χ0) is 15.2. The molecule has 0 bridgehead atoms. The average molecular weight is 330 g/mol. The number of likely N-dealkylation sites (N-methyl/N-ethyl adjacent to an activating group) is 1. The van der Waals surface area contributed by atoms with Gasteiger partial charge in [-0.1, -0.05) is 0 Å². The highest BCUT2D eigenvalue weighted by molar-refractivity contribution is 5.85. The van der Waals surface area contributed by atoms with E-state index in [1.54, 1.807) is 0 Å². The summed E-state index contributed by atoms with van der Waals surface area (Å²) in [5, 5.41) is 3.31. The van der Waals surface area contributed by atoms with Crippen molar-refractivity contribution in [2.45, 2.75) is 26.3 Å². The van der Waals surface area contributed by atoms with E-state index in [1.165, 1.54) is 0 Å². The Hall–Kier alpha value is -1.04. The molecule has 0 aromatic carbocycles. The van der Waals surface area contributed by atoms with Gasteiger partial charge in [0.05, 0.1) is 6.54 Å². The fraction of sp³-hybridized carbons (Fsp3) is 0.688. The van der Waals surface area contributed by atoms with Crippen LogP contribution >= 0.6 is 12.4 Å². The molecule has 1 N–H and O–H groups in total. The summed E-state index contributed by atoms with van der Waals surface area (Å²) in [6.45, 7) is 6.01. The molecule has 1 aromatic heterocycles. The summed E-state index contributed by atoms with van der Waals surface area (Å²) >= 11 is 0. The fourth-order valence-corrected chi connectivity index (χ4v) is 2.67. The van der Waals surface area contributed by atoms with E-state index in [-0.39, 0.29) is 24.2 Å². The second-order valence-corrected chi connectivity index (χ2v) is 6.10. The molecule has 6 heteroatoms. The molecule has 1 aliphatic rings. The molecule has 126 valence electrons. The average Bonchev–Trinajstić information content (AvgIpc) is 2.89. The molecule has 2 heterocycles. The summed E-state index contributed by atoms with van der Waals surface area (Å²) in [5.74, 6) is 2.19. The van der Waals surface area contributed by atoms with Gasteiger partial charge in [-0.3, -0.25) is 4.79 Å². The van der Waals surface area contributed by atoms with E-state index in [4.69, 9.17) is 4.42 Å². The van der Waals surface area contributed by atoms with Crippen molar-refractivity contribution in [1.29, 1.82) is 0 Å². The smallest absolute Gasteiger partial charge is 0.226 e. The lowest BCUT2D eigenvalue weighted by Gasteiger charge is -2.30. The van der Waals surface area contributed by atoms with Gasteiger partial charge in [-0.15, -0.1) is 12.4 Å². The molecular formula is C16H28ClN3O2. The Morgan fingerprint density at radius 2 is 1.95 bits per heavy atom. The van der Waals surface area contributed by atoms with Crippen LogP contribution in [0.5, 0.6) is 0 Å². The van der Waals surface area contributed by atoms with Crippen LogP contribution in [0.2, 0.25) is 0 Å². The van der Waals surface area contributed by atoms with Gasteiger partial charge >= 0.3 is 0 Å². The standard InChI is InChI=1S/C16H27N3O2.ClH/c1-13-4-5-15(21-13)12-19(11-10-18(2)3)16(20)14-6-8-17-9-7-14;/h4-5,14,17H,6-12H2,1-3H3;1H. The van der Waals surface area contributed by atoms with Crippen molar-refractivity contribution in [1.82, 2.24) is 15.1 Å². The SMILES string of the molecule is Cc1ccc(CN(CCN(C)C)C(=O)C2CCNCC2)o1.Cl. The molecule has 0 aliphatic carbocycles. The first-order valence-corrected chi connectivity index (χ1v) is 7.76. The van der Waals surface area contributed by atoms with Crippen molar-refractivity contribution in [3.05, 3.63) is 23.7 Å². The van der Waals surface area contributed by atoms with E-state index in [0.29, 0.717) is 6.54 Å². The first kappa shape index (κ1) is 19.0. The Morgan fingerprint density at radius 3 is 2.50 bits per heavy atom. The quantitative estimate of drug-likeness (QED) is 0.866. The molecule has 5 nitrogen and oxygen atoms in total. The predicted octanol–water partition coefficient (Wildman–Crippen LogP) is 1.90. The number of rotatable bonds is 6. The maximum absolute atomic E-state index is 12.8. The number of aryl methyl sites for hydroxylation is 1. The number of hydrogen-bond donors (Lipinski definition) is 1. The zero-order valence-corrected chi connectivity index (χ0v) is 14.6. The van der Waals surface area contributed by atoms with Crippen LogP contribution in [-0.2, 0) is 11.3 Å². The summed E-state index contributed by atoms with van der Waals surface area (Å²) < 4.78 is 5.64. The molecular weight excluding hydrogens is 302 g/mol. The molecule has 2 rings (SSSR count). The third-order valence-electron chi connectivity index (χ3n) is 3.96. The fourth-order valence-electron chi connectivity index (χ4n) is 2.67. The Morgan fingerprint density at radius 1 is 1.27 bits per heavy atom. The topological polar surface area (TPSA) is 48.7 Å². The van der Waals surface area contributed by atoms with Gasteiger partial charge in [-0.25, -0.2) is 0 Å². The van der Waals surface area contributed by atoms with Gasteiger partial charge in [0, 0.05) is 19.0 Å². The van der Waals surface area contributed by atoms with Gasteiger partial charge in [0.1, 0.15) is 11.5 Å². The molecule has 0 spiro atoms. The lowest BCUT2D eigenvalue weighted by Crippen LogP contribution is -2.43. The summed E-state index contributed by atoms with van der Waals surface area (Å²) in [6, 6.07) is 3.92. The summed E-state index contributed by atoms with van der Waals surface area (Å²) in [7, 11) is 4.06. The molecule has 0 atom stereocenters. The molecule has 1 aromatic rings. The molecule has 0 radical (unpaired) electrons. The number of nitrogens with zero attached hydrogens (tertiary/aromatic N) is 2. The molecule has 22 heavy (non-hydrogen) atoms. The van der Waals surface area contributed by atoms with Gasteiger partial charge in [-0.2, -0.15) is 0 Å². The predicted molar refractivity (Wildman–Crippen MR) is 90.3 cm³/mol. The highest BCUT2D eigenvalue weighted by Gasteiger charge is 2.26. The molecule has 1 fully saturated rings. The van der Waals surface area contributed by atoms with E-state index in [2.05, 4.69) is 10.2 Å². The van der Waals surface area contributed by atoms with Crippen LogP contribution < -0.4 is 5.32 Å². The third kappa shape index (κ3) is 5.63. The van der Waals surface area contributed by atoms with Gasteiger partial charge in [0.25, 0.3) is 0 Å². The van der Waals surface area contributed by atoms with E-state index >= 15 is 0 Å². The van der Waals surface area contributed by atoms with Gasteiger partial charge in [-0.05, 0) is 59.1 Å². The minimum Gasteiger partial charge on any atom is -0.464 e. The maximum atomic E-state index is 12.8. The minimum absolute atomic E-state index is 0. The zero-order valence-electron chi connectivity index (χ0n) is 13.8. The van der Waals surface area contributed by atoms with Crippen molar-refractivity contribution in [3.8, 4) is 0 Å². The minimum atomic E-state index is 0. The summed E-state index contributed by atoms with van der Waals surface area (Å²) in [6.07, 6.45) is 1.88. The van der Waals surface area contributed by atoms with Gasteiger partial charge in [0.15, 0.2) is 0 Å². The van der Waals surface area contributed by atoms with Crippen molar-refractivity contribution >= 4 is 18.3 Å². The van der Waals surface area contributed by atoms with Crippen LogP contribution in [0.15, 0.2) is 16.5 Å². The van der Waals surface area contributed by atoms with Crippen LogP contribution in [-0.4, -0.2) is 56.0 Å². The Kier molecular flexibility index (Phi) is 7.93. The van der Waals surface area contributed by atoms with E-state index in [0.717, 1.165) is 50.5 Å². The van der Waals surface area contributed by atoms with Crippen LogP contribution in [0.4, 0.5) is 0 Å².